The van der Waals surface area contributed by atoms with Crippen LogP contribution in [0.3, 0.4) is 0 Å². The number of halogens is 1. The van der Waals surface area contributed by atoms with E-state index >= 15 is 0 Å². The zero-order valence-electron chi connectivity index (χ0n) is 11.6. The maximum Gasteiger partial charge on any atom is 0.255 e. The van der Waals surface area contributed by atoms with Gasteiger partial charge >= 0.3 is 0 Å². The molecule has 0 bridgehead atoms. The minimum atomic E-state index is 0.0140. The molecule has 104 valence electrons. The van der Waals surface area contributed by atoms with Crippen LogP contribution in [-0.4, -0.2) is 35.4 Å². The van der Waals surface area contributed by atoms with E-state index in [9.17, 15) is 4.79 Å². The van der Waals surface area contributed by atoms with E-state index in [1.807, 2.05) is 4.90 Å². The number of aromatic nitrogens is 1. The predicted octanol–water partition coefficient (Wildman–Crippen LogP) is 3.04. The van der Waals surface area contributed by atoms with Crippen LogP contribution < -0.4 is 5.32 Å². The summed E-state index contributed by atoms with van der Waals surface area (Å²) in [6.07, 6.45) is 3.67. The molecule has 1 fully saturated rings. The average Bonchev–Trinajstić information content (AvgIpc) is 2.88. The van der Waals surface area contributed by atoms with Crippen molar-refractivity contribution >= 4 is 23.3 Å². The molecule has 0 spiro atoms. The Kier molecular flexibility index (Phi) is 4.30. The van der Waals surface area contributed by atoms with Crippen molar-refractivity contribution in [2.45, 2.75) is 32.7 Å². The van der Waals surface area contributed by atoms with Gasteiger partial charge in [0.1, 0.15) is 5.82 Å². The smallest absolute Gasteiger partial charge is 0.255 e. The van der Waals surface area contributed by atoms with Gasteiger partial charge in [-0.15, -0.1) is 0 Å². The Morgan fingerprint density at radius 2 is 2.32 bits per heavy atom. The Balaban J connectivity index is 2.28. The lowest BCUT2D eigenvalue weighted by molar-refractivity contribution is 0.0701. The molecular weight excluding hydrogens is 262 g/mol. The molecule has 1 aromatic rings. The molecule has 1 amide bonds. The van der Waals surface area contributed by atoms with E-state index in [0.29, 0.717) is 28.4 Å². The van der Waals surface area contributed by atoms with Crippen molar-refractivity contribution in [3.05, 3.63) is 22.8 Å². The van der Waals surface area contributed by atoms with E-state index in [1.54, 1.807) is 13.1 Å². The minimum Gasteiger partial charge on any atom is -0.373 e. The maximum absolute atomic E-state index is 12.6. The highest BCUT2D eigenvalue weighted by Gasteiger charge is 2.32. The molecule has 1 atom stereocenters. The van der Waals surface area contributed by atoms with Crippen LogP contribution in [0.1, 0.15) is 37.0 Å². The third kappa shape index (κ3) is 2.84. The Bertz CT molecular complexity index is 476. The van der Waals surface area contributed by atoms with Gasteiger partial charge in [-0.25, -0.2) is 4.98 Å². The number of hydrogen-bond donors (Lipinski definition) is 1. The molecule has 1 saturated heterocycles. The second kappa shape index (κ2) is 5.78. The molecule has 1 aromatic heterocycles. The number of rotatable bonds is 3. The zero-order chi connectivity index (χ0) is 14.0. The van der Waals surface area contributed by atoms with Gasteiger partial charge in [-0.2, -0.15) is 0 Å². The molecule has 0 aliphatic carbocycles. The summed E-state index contributed by atoms with van der Waals surface area (Å²) in [5.41, 5.74) is 0.536. The summed E-state index contributed by atoms with van der Waals surface area (Å²) in [6.45, 7) is 5.13. The van der Waals surface area contributed by atoms with Gasteiger partial charge in [0.05, 0.1) is 10.6 Å². The quantitative estimate of drug-likeness (QED) is 0.926. The molecule has 1 aliphatic rings. The van der Waals surface area contributed by atoms with Gasteiger partial charge in [0.15, 0.2) is 0 Å². The SMILES string of the molecule is CNc1cc(C(=O)N2CCCC2C(C)C)c(Cl)cn1. The highest BCUT2D eigenvalue weighted by molar-refractivity contribution is 6.33. The first-order valence-electron chi connectivity index (χ1n) is 6.69. The fraction of sp³-hybridized carbons (Fsp3) is 0.571. The van der Waals surface area contributed by atoms with Crippen LogP contribution in [0, 0.1) is 5.92 Å². The van der Waals surface area contributed by atoms with Crippen LogP contribution in [0.25, 0.3) is 0 Å². The van der Waals surface area contributed by atoms with Crippen molar-refractivity contribution < 1.29 is 4.79 Å². The van der Waals surface area contributed by atoms with E-state index in [1.165, 1.54) is 6.20 Å². The summed E-state index contributed by atoms with van der Waals surface area (Å²) in [5.74, 6) is 1.14. The molecule has 0 saturated carbocycles. The van der Waals surface area contributed by atoms with Crippen molar-refractivity contribution in [1.82, 2.24) is 9.88 Å². The first-order chi connectivity index (χ1) is 9.04. The Labute approximate surface area is 119 Å². The lowest BCUT2D eigenvalue weighted by Gasteiger charge is -2.28. The molecule has 4 nitrogen and oxygen atoms in total. The molecular formula is C14H20ClN3O. The maximum atomic E-state index is 12.6. The van der Waals surface area contributed by atoms with Gasteiger partial charge in [-0.1, -0.05) is 25.4 Å². The predicted molar refractivity (Wildman–Crippen MR) is 77.7 cm³/mol. The number of likely N-dealkylation sites (tertiary alicyclic amines) is 1. The fourth-order valence-corrected chi connectivity index (χ4v) is 2.82. The number of pyridine rings is 1. The van der Waals surface area contributed by atoms with E-state index < -0.39 is 0 Å². The molecule has 0 radical (unpaired) electrons. The van der Waals surface area contributed by atoms with Crippen LogP contribution in [0.15, 0.2) is 12.3 Å². The molecule has 1 unspecified atom stereocenters. The Morgan fingerprint density at radius 1 is 1.58 bits per heavy atom. The van der Waals surface area contributed by atoms with Crippen LogP contribution in [-0.2, 0) is 0 Å². The van der Waals surface area contributed by atoms with E-state index in [2.05, 4.69) is 24.1 Å². The molecule has 2 rings (SSSR count). The summed E-state index contributed by atoms with van der Waals surface area (Å²) in [7, 11) is 1.78. The summed E-state index contributed by atoms with van der Waals surface area (Å²) < 4.78 is 0. The number of nitrogens with zero attached hydrogens (tertiary/aromatic N) is 2. The highest BCUT2D eigenvalue weighted by Crippen LogP contribution is 2.28. The fourth-order valence-electron chi connectivity index (χ4n) is 2.63. The molecule has 1 N–H and O–H groups in total. The summed E-state index contributed by atoms with van der Waals surface area (Å²) in [4.78, 5) is 18.7. The molecule has 2 heterocycles. The first kappa shape index (κ1) is 14.1. The first-order valence-corrected chi connectivity index (χ1v) is 7.06. The van der Waals surface area contributed by atoms with Crippen molar-refractivity contribution in [1.29, 1.82) is 0 Å². The molecule has 1 aliphatic heterocycles. The van der Waals surface area contributed by atoms with E-state index in [4.69, 9.17) is 11.6 Å². The van der Waals surface area contributed by atoms with Gasteiger partial charge < -0.3 is 10.2 Å². The number of hydrogen-bond acceptors (Lipinski definition) is 3. The zero-order valence-corrected chi connectivity index (χ0v) is 12.4. The minimum absolute atomic E-state index is 0.0140. The second-order valence-corrected chi connectivity index (χ2v) is 5.66. The normalized spacial score (nSPS) is 19.0. The van der Waals surface area contributed by atoms with Crippen molar-refractivity contribution in [2.24, 2.45) is 5.92 Å². The highest BCUT2D eigenvalue weighted by atomic mass is 35.5. The van der Waals surface area contributed by atoms with Gasteiger partial charge in [-0.3, -0.25) is 4.79 Å². The second-order valence-electron chi connectivity index (χ2n) is 5.25. The number of amides is 1. The Hall–Kier alpha value is -1.29. The molecule has 19 heavy (non-hydrogen) atoms. The van der Waals surface area contributed by atoms with Crippen molar-refractivity contribution in [3.8, 4) is 0 Å². The average molecular weight is 282 g/mol. The number of anilines is 1. The van der Waals surface area contributed by atoms with Gasteiger partial charge in [-0.05, 0) is 24.8 Å². The van der Waals surface area contributed by atoms with Crippen LogP contribution in [0.2, 0.25) is 5.02 Å². The number of carbonyl (C=O) groups is 1. The van der Waals surface area contributed by atoms with E-state index in [-0.39, 0.29) is 5.91 Å². The third-order valence-electron chi connectivity index (χ3n) is 3.67. The van der Waals surface area contributed by atoms with Crippen molar-refractivity contribution in [2.75, 3.05) is 18.9 Å². The van der Waals surface area contributed by atoms with Gasteiger partial charge in [0.2, 0.25) is 0 Å². The lowest BCUT2D eigenvalue weighted by atomic mass is 10.0. The topological polar surface area (TPSA) is 45.2 Å². The van der Waals surface area contributed by atoms with Gasteiger partial charge in [0, 0.05) is 25.8 Å². The van der Waals surface area contributed by atoms with Crippen LogP contribution in [0.4, 0.5) is 5.82 Å². The van der Waals surface area contributed by atoms with E-state index in [0.717, 1.165) is 19.4 Å². The summed E-state index contributed by atoms with van der Waals surface area (Å²) in [6, 6.07) is 2.04. The number of carbonyl (C=O) groups excluding carboxylic acids is 1. The standard InChI is InChI=1S/C14H20ClN3O/c1-9(2)12-5-4-6-18(12)14(19)10-7-13(16-3)17-8-11(10)15/h7-9,12H,4-6H2,1-3H3,(H,16,17). The number of nitrogens with one attached hydrogen (secondary N) is 1. The summed E-state index contributed by atoms with van der Waals surface area (Å²) >= 11 is 6.12. The molecule has 5 heteroatoms. The Morgan fingerprint density at radius 3 is 2.95 bits per heavy atom. The van der Waals surface area contributed by atoms with Crippen LogP contribution >= 0.6 is 11.6 Å². The monoisotopic (exact) mass is 281 g/mol. The lowest BCUT2D eigenvalue weighted by Crippen LogP contribution is -2.38. The van der Waals surface area contributed by atoms with Crippen LogP contribution in [0.5, 0.6) is 0 Å². The van der Waals surface area contributed by atoms with Crippen molar-refractivity contribution in [3.63, 3.8) is 0 Å². The summed E-state index contributed by atoms with van der Waals surface area (Å²) in [5, 5.41) is 3.35. The third-order valence-corrected chi connectivity index (χ3v) is 3.97. The van der Waals surface area contributed by atoms with Gasteiger partial charge in [0.25, 0.3) is 5.91 Å². The molecule has 0 aromatic carbocycles. The largest absolute Gasteiger partial charge is 0.373 e.